The molecule has 1 aliphatic rings. The van der Waals surface area contributed by atoms with Gasteiger partial charge in [0.2, 0.25) is 0 Å². The largest absolute Gasteiger partial charge is 0.365 e. The molecule has 0 saturated heterocycles. The van der Waals surface area contributed by atoms with Crippen molar-refractivity contribution in [3.05, 3.63) is 41.2 Å². The lowest BCUT2D eigenvalue weighted by Crippen LogP contribution is -2.23. The van der Waals surface area contributed by atoms with Crippen molar-refractivity contribution in [2.24, 2.45) is 0 Å². The molecule has 1 aliphatic heterocycles. The Morgan fingerprint density at radius 2 is 1.88 bits per heavy atom. The van der Waals surface area contributed by atoms with Gasteiger partial charge in [-0.15, -0.1) is 0 Å². The average Bonchev–Trinajstić information content (AvgIpc) is 2.55. The Morgan fingerprint density at radius 1 is 1.24 bits per heavy atom. The highest BCUT2D eigenvalue weighted by atomic mass is 19.1. The molecule has 92 valence electrons. The Kier molecular flexibility index (Phi) is 2.98. The summed E-state index contributed by atoms with van der Waals surface area (Å²) in [6.45, 7) is 13.2. The summed E-state index contributed by atoms with van der Waals surface area (Å²) < 4.78 is 13.9. The predicted molar refractivity (Wildman–Crippen MR) is 70.2 cm³/mol. The molecule has 17 heavy (non-hydrogen) atoms. The monoisotopic (exact) mass is 233 g/mol. The van der Waals surface area contributed by atoms with Gasteiger partial charge < -0.3 is 4.90 Å². The first-order valence-electron chi connectivity index (χ1n) is 6.20. The van der Waals surface area contributed by atoms with Crippen molar-refractivity contribution in [3.63, 3.8) is 0 Å². The summed E-state index contributed by atoms with van der Waals surface area (Å²) >= 11 is 0. The second-order valence-corrected chi connectivity index (χ2v) is 5.35. The lowest BCUT2D eigenvalue weighted by molar-refractivity contribution is 0.339. The highest BCUT2D eigenvalue weighted by molar-refractivity contribution is 5.69. The van der Waals surface area contributed by atoms with E-state index in [0.29, 0.717) is 6.04 Å². The number of nitrogens with zero attached hydrogens (tertiary/aromatic N) is 1. The molecule has 0 saturated carbocycles. The Balaban J connectivity index is 2.46. The standard InChI is InChI=1S/C15H20FN/c1-9(2)13-6-12-8-17(10(3)4)11(5)14(12)7-15(13)16/h6-7,9-10H,5,8H2,1-4H3. The Labute approximate surface area is 103 Å². The van der Waals surface area contributed by atoms with Gasteiger partial charge in [-0.25, -0.2) is 4.39 Å². The molecule has 2 heteroatoms. The number of hydrogen-bond donors (Lipinski definition) is 0. The van der Waals surface area contributed by atoms with Crippen LogP contribution in [0.15, 0.2) is 18.7 Å². The van der Waals surface area contributed by atoms with E-state index in [4.69, 9.17) is 0 Å². The summed E-state index contributed by atoms with van der Waals surface area (Å²) in [6.07, 6.45) is 0. The van der Waals surface area contributed by atoms with Crippen molar-refractivity contribution < 1.29 is 4.39 Å². The third-order valence-corrected chi connectivity index (χ3v) is 3.47. The van der Waals surface area contributed by atoms with Crippen LogP contribution < -0.4 is 0 Å². The van der Waals surface area contributed by atoms with Crippen LogP contribution in [-0.4, -0.2) is 10.9 Å². The summed E-state index contributed by atoms with van der Waals surface area (Å²) in [5.41, 5.74) is 3.93. The second kappa shape index (κ2) is 4.17. The fourth-order valence-corrected chi connectivity index (χ4v) is 2.41. The van der Waals surface area contributed by atoms with Crippen LogP contribution in [0.5, 0.6) is 0 Å². The Morgan fingerprint density at radius 3 is 2.41 bits per heavy atom. The van der Waals surface area contributed by atoms with Gasteiger partial charge in [0, 0.05) is 23.8 Å². The van der Waals surface area contributed by atoms with E-state index in [9.17, 15) is 4.39 Å². The molecule has 1 heterocycles. The van der Waals surface area contributed by atoms with Gasteiger partial charge in [0.05, 0.1) is 0 Å². The summed E-state index contributed by atoms with van der Waals surface area (Å²) in [5.74, 6) is 0.118. The maximum Gasteiger partial charge on any atom is 0.127 e. The number of halogens is 1. The van der Waals surface area contributed by atoms with E-state index in [1.807, 2.05) is 19.9 Å². The zero-order valence-electron chi connectivity index (χ0n) is 11.0. The summed E-state index contributed by atoms with van der Waals surface area (Å²) in [6, 6.07) is 4.05. The van der Waals surface area contributed by atoms with Crippen LogP contribution in [0, 0.1) is 5.82 Å². The molecule has 0 unspecified atom stereocenters. The van der Waals surface area contributed by atoms with Crippen molar-refractivity contribution in [2.45, 2.75) is 46.2 Å². The third-order valence-electron chi connectivity index (χ3n) is 3.47. The molecule has 2 rings (SSSR count). The van der Waals surface area contributed by atoms with Crippen LogP contribution in [0.4, 0.5) is 4.39 Å². The molecule has 0 aromatic heterocycles. The Bertz CT molecular complexity index is 460. The molecular formula is C15H20FN. The first-order valence-corrected chi connectivity index (χ1v) is 6.20. The van der Waals surface area contributed by atoms with E-state index in [1.54, 1.807) is 6.07 Å². The van der Waals surface area contributed by atoms with E-state index < -0.39 is 0 Å². The number of hydrogen-bond acceptors (Lipinski definition) is 1. The van der Waals surface area contributed by atoms with Gasteiger partial charge in [-0.2, -0.15) is 0 Å². The quantitative estimate of drug-likeness (QED) is 0.742. The SMILES string of the molecule is C=C1c2cc(F)c(C(C)C)cc2CN1C(C)C. The highest BCUT2D eigenvalue weighted by Crippen LogP contribution is 2.35. The molecule has 0 amide bonds. The first-order chi connectivity index (χ1) is 7.91. The van der Waals surface area contributed by atoms with E-state index in [2.05, 4.69) is 25.3 Å². The summed E-state index contributed by atoms with van der Waals surface area (Å²) in [4.78, 5) is 2.22. The lowest BCUT2D eigenvalue weighted by Gasteiger charge is -2.23. The number of benzene rings is 1. The van der Waals surface area contributed by atoms with E-state index in [1.165, 1.54) is 5.56 Å². The van der Waals surface area contributed by atoms with Crippen molar-refractivity contribution in [1.82, 2.24) is 4.90 Å². The van der Waals surface area contributed by atoms with E-state index >= 15 is 0 Å². The summed E-state index contributed by atoms with van der Waals surface area (Å²) in [5, 5.41) is 0. The summed E-state index contributed by atoms with van der Waals surface area (Å²) in [7, 11) is 0. The topological polar surface area (TPSA) is 3.24 Å². The molecule has 0 atom stereocenters. The van der Waals surface area contributed by atoms with E-state index in [0.717, 1.165) is 23.4 Å². The molecule has 1 aromatic carbocycles. The zero-order valence-corrected chi connectivity index (χ0v) is 11.0. The molecule has 0 bridgehead atoms. The van der Waals surface area contributed by atoms with Gasteiger partial charge in [-0.05, 0) is 37.0 Å². The molecule has 0 spiro atoms. The van der Waals surface area contributed by atoms with Gasteiger partial charge in [0.1, 0.15) is 5.82 Å². The maximum atomic E-state index is 13.9. The minimum Gasteiger partial charge on any atom is -0.365 e. The normalized spacial score (nSPS) is 15.0. The molecule has 1 aromatic rings. The van der Waals surface area contributed by atoms with Gasteiger partial charge in [-0.3, -0.25) is 0 Å². The first kappa shape index (κ1) is 12.2. The molecular weight excluding hydrogens is 213 g/mol. The van der Waals surface area contributed by atoms with Crippen LogP contribution in [-0.2, 0) is 6.54 Å². The lowest BCUT2D eigenvalue weighted by atomic mass is 9.97. The van der Waals surface area contributed by atoms with Crippen molar-refractivity contribution >= 4 is 5.70 Å². The van der Waals surface area contributed by atoms with Gasteiger partial charge >= 0.3 is 0 Å². The molecule has 0 N–H and O–H groups in total. The van der Waals surface area contributed by atoms with Crippen LogP contribution >= 0.6 is 0 Å². The average molecular weight is 233 g/mol. The number of rotatable bonds is 2. The van der Waals surface area contributed by atoms with Gasteiger partial charge in [0.25, 0.3) is 0 Å². The minimum atomic E-state index is -0.106. The highest BCUT2D eigenvalue weighted by Gasteiger charge is 2.26. The van der Waals surface area contributed by atoms with Crippen LogP contribution in [0.25, 0.3) is 5.70 Å². The van der Waals surface area contributed by atoms with Crippen molar-refractivity contribution in [3.8, 4) is 0 Å². The Hall–Kier alpha value is -1.31. The van der Waals surface area contributed by atoms with Crippen molar-refractivity contribution in [2.75, 3.05) is 0 Å². The maximum absolute atomic E-state index is 13.9. The van der Waals surface area contributed by atoms with Gasteiger partial charge in [0.15, 0.2) is 0 Å². The molecule has 0 aliphatic carbocycles. The molecule has 1 nitrogen and oxygen atoms in total. The van der Waals surface area contributed by atoms with Crippen molar-refractivity contribution in [1.29, 1.82) is 0 Å². The smallest absolute Gasteiger partial charge is 0.127 e. The van der Waals surface area contributed by atoms with E-state index in [-0.39, 0.29) is 11.7 Å². The fraction of sp³-hybridized carbons (Fsp3) is 0.467. The number of fused-ring (bicyclic) bond motifs is 1. The fourth-order valence-electron chi connectivity index (χ4n) is 2.41. The van der Waals surface area contributed by atoms with Crippen LogP contribution in [0.2, 0.25) is 0 Å². The van der Waals surface area contributed by atoms with Gasteiger partial charge in [-0.1, -0.05) is 26.5 Å². The molecule has 0 fully saturated rings. The molecule has 0 radical (unpaired) electrons. The van der Waals surface area contributed by atoms with Crippen LogP contribution in [0.3, 0.4) is 0 Å². The predicted octanol–water partition coefficient (Wildman–Crippen LogP) is 4.14. The van der Waals surface area contributed by atoms with Crippen LogP contribution in [0.1, 0.15) is 50.3 Å². The zero-order chi connectivity index (χ0) is 12.7. The second-order valence-electron chi connectivity index (χ2n) is 5.35. The third kappa shape index (κ3) is 1.97. The minimum absolute atomic E-state index is 0.106.